The van der Waals surface area contributed by atoms with Gasteiger partial charge in [0.15, 0.2) is 5.13 Å². The number of thiazole rings is 1. The van der Waals surface area contributed by atoms with Gasteiger partial charge in [-0.3, -0.25) is 24.2 Å². The summed E-state index contributed by atoms with van der Waals surface area (Å²) in [5, 5.41) is 22.6. The van der Waals surface area contributed by atoms with Crippen molar-refractivity contribution in [3.05, 3.63) is 48.0 Å². The Hall–Kier alpha value is -3.63. The van der Waals surface area contributed by atoms with Gasteiger partial charge in [0.25, 0.3) is 0 Å². The molecule has 9 nitrogen and oxygen atoms in total. The van der Waals surface area contributed by atoms with Gasteiger partial charge in [-0.15, -0.1) is 11.3 Å². The molecule has 43 heavy (non-hydrogen) atoms. The van der Waals surface area contributed by atoms with Crippen LogP contribution in [0.4, 0.5) is 10.9 Å². The number of amides is 2. The molecule has 2 aliphatic heterocycles. The molecule has 3 fully saturated rings. The zero-order valence-corrected chi connectivity index (χ0v) is 25.0. The lowest BCUT2D eigenvalue weighted by atomic mass is 9.74. The summed E-state index contributed by atoms with van der Waals surface area (Å²) in [5.41, 5.74) is 3.39. The summed E-state index contributed by atoms with van der Waals surface area (Å²) >= 11 is 1.34. The van der Waals surface area contributed by atoms with Crippen molar-refractivity contribution in [3.63, 3.8) is 0 Å². The highest BCUT2D eigenvalue weighted by Gasteiger charge is 2.43. The Morgan fingerprint density at radius 2 is 1.77 bits per heavy atom. The second-order valence-corrected chi connectivity index (χ2v) is 12.8. The van der Waals surface area contributed by atoms with E-state index in [1.54, 1.807) is 16.0 Å². The Morgan fingerprint density at radius 1 is 0.977 bits per heavy atom. The average molecular weight is 603 g/mol. The van der Waals surface area contributed by atoms with Crippen molar-refractivity contribution >= 4 is 40.1 Å². The van der Waals surface area contributed by atoms with Crippen molar-refractivity contribution < 1.29 is 24.6 Å². The quantitative estimate of drug-likeness (QED) is 0.335. The van der Waals surface area contributed by atoms with Crippen molar-refractivity contribution in [2.75, 3.05) is 23.0 Å². The molecular weight excluding hydrogens is 564 g/mol. The minimum atomic E-state index is -0.968. The fraction of sp³-hybridized carbons (Fsp3) is 0.485. The number of hydrogen-bond acceptors (Lipinski definition) is 7. The first kappa shape index (κ1) is 29.4. The first-order valence-electron chi connectivity index (χ1n) is 15.4. The molecule has 0 unspecified atom stereocenters. The summed E-state index contributed by atoms with van der Waals surface area (Å²) in [6, 6.07) is 11.3. The second-order valence-electron chi connectivity index (χ2n) is 12.0. The third kappa shape index (κ3) is 6.08. The molecule has 0 radical (unpaired) electrons. The Kier molecular flexibility index (Phi) is 8.85. The van der Waals surface area contributed by atoms with Crippen LogP contribution in [0, 0.1) is 17.8 Å². The molecule has 4 heterocycles. The predicted octanol–water partition coefficient (Wildman–Crippen LogP) is 5.77. The van der Waals surface area contributed by atoms with Gasteiger partial charge in [-0.05, 0) is 48.8 Å². The van der Waals surface area contributed by atoms with E-state index in [0.29, 0.717) is 41.9 Å². The second kappa shape index (κ2) is 12.9. The van der Waals surface area contributed by atoms with Crippen molar-refractivity contribution in [1.82, 2.24) is 9.97 Å². The maximum atomic E-state index is 14.3. The zero-order chi connectivity index (χ0) is 29.9. The van der Waals surface area contributed by atoms with Crippen LogP contribution in [0.5, 0.6) is 0 Å². The summed E-state index contributed by atoms with van der Waals surface area (Å²) in [4.78, 5) is 51.2. The Labute approximate surface area is 255 Å². The lowest BCUT2D eigenvalue weighted by molar-refractivity contribution is -0.142. The number of aliphatic hydroxyl groups is 1. The molecule has 10 heteroatoms. The van der Waals surface area contributed by atoms with Crippen LogP contribution in [0.2, 0.25) is 0 Å². The monoisotopic (exact) mass is 602 g/mol. The first-order valence-corrected chi connectivity index (χ1v) is 16.3. The molecule has 1 aliphatic carbocycles. The van der Waals surface area contributed by atoms with Gasteiger partial charge in [-0.25, -0.2) is 9.97 Å². The number of anilines is 2. The zero-order valence-electron chi connectivity index (χ0n) is 24.2. The van der Waals surface area contributed by atoms with Crippen LogP contribution in [0.1, 0.15) is 64.2 Å². The van der Waals surface area contributed by atoms with Gasteiger partial charge in [-0.1, -0.05) is 56.4 Å². The smallest absolute Gasteiger partial charge is 0.304 e. The van der Waals surface area contributed by atoms with Crippen molar-refractivity contribution in [1.29, 1.82) is 0 Å². The number of carbonyl (C=O) groups is 3. The molecule has 3 atom stereocenters. The van der Waals surface area contributed by atoms with Crippen LogP contribution in [-0.4, -0.2) is 57.2 Å². The highest BCUT2D eigenvalue weighted by atomic mass is 32.1. The standard InChI is InChI=1S/C33H38N4O5S/c38-19-23-9-5-12-24(21-7-1-2-8-21)27(17-31(40)41)32(42)37(23)33-35-28(20-43-33)26-11-4-3-10-25(26)22-14-15-29(34-18-22)36-16-6-13-30(36)39/h3-4,10-11,14-15,18,20-21,23-24,27,38H,1-2,5-9,12-13,16-17,19H2,(H,40,41)/t23-,24+,27-/m0/s1. The number of nitrogens with zero attached hydrogens (tertiary/aromatic N) is 4. The molecule has 2 N–H and O–H groups in total. The van der Waals surface area contributed by atoms with E-state index in [2.05, 4.69) is 4.98 Å². The molecular formula is C33H38N4O5S. The Balaban J connectivity index is 1.32. The van der Waals surface area contributed by atoms with Gasteiger partial charge in [0.2, 0.25) is 11.8 Å². The van der Waals surface area contributed by atoms with E-state index >= 15 is 0 Å². The van der Waals surface area contributed by atoms with Crippen molar-refractivity contribution in [2.45, 2.75) is 70.3 Å². The molecule has 2 amide bonds. The van der Waals surface area contributed by atoms with Gasteiger partial charge in [0.1, 0.15) is 5.82 Å². The number of carbonyl (C=O) groups excluding carboxylic acids is 2. The third-order valence-corrected chi connectivity index (χ3v) is 10.3. The van der Waals surface area contributed by atoms with E-state index in [-0.39, 0.29) is 30.8 Å². The van der Waals surface area contributed by atoms with E-state index in [4.69, 9.17) is 4.98 Å². The maximum Gasteiger partial charge on any atom is 0.304 e. The fourth-order valence-electron chi connectivity index (χ4n) is 7.31. The van der Waals surface area contributed by atoms with E-state index < -0.39 is 17.9 Å². The number of aliphatic hydroxyl groups excluding tert-OH is 1. The van der Waals surface area contributed by atoms with Crippen LogP contribution >= 0.6 is 11.3 Å². The number of pyridine rings is 1. The molecule has 2 saturated heterocycles. The number of rotatable bonds is 8. The normalized spacial score (nSPS) is 23.5. The van der Waals surface area contributed by atoms with Crippen LogP contribution in [0.25, 0.3) is 22.4 Å². The summed E-state index contributed by atoms with van der Waals surface area (Å²) in [6.45, 7) is 0.477. The predicted molar refractivity (Wildman–Crippen MR) is 166 cm³/mol. The van der Waals surface area contributed by atoms with Gasteiger partial charge < -0.3 is 10.2 Å². The number of aromatic nitrogens is 2. The van der Waals surface area contributed by atoms with Gasteiger partial charge >= 0.3 is 5.97 Å². The summed E-state index contributed by atoms with van der Waals surface area (Å²) in [7, 11) is 0. The summed E-state index contributed by atoms with van der Waals surface area (Å²) in [5.74, 6) is -0.703. The average Bonchev–Trinajstić information content (AvgIpc) is 3.80. The number of aliphatic carboxylic acids is 1. The molecule has 1 aromatic carbocycles. The minimum absolute atomic E-state index is 0.0275. The van der Waals surface area contributed by atoms with Gasteiger partial charge in [0, 0.05) is 35.7 Å². The van der Waals surface area contributed by atoms with Crippen LogP contribution in [0.15, 0.2) is 48.0 Å². The van der Waals surface area contributed by atoms with Crippen LogP contribution < -0.4 is 9.80 Å². The highest BCUT2D eigenvalue weighted by Crippen LogP contribution is 2.43. The first-order chi connectivity index (χ1) is 20.9. The molecule has 226 valence electrons. The van der Waals surface area contributed by atoms with E-state index in [9.17, 15) is 24.6 Å². The number of carboxylic acids is 1. The molecule has 0 spiro atoms. The molecule has 0 bridgehead atoms. The SMILES string of the molecule is O=C(O)C[C@@H]1C(=O)N(c2nc(-c3ccccc3-c3ccc(N4CCCC4=O)nc3)cs2)[C@H](CO)CCC[C@@H]1C1CCCC1. The Morgan fingerprint density at radius 3 is 2.44 bits per heavy atom. The molecule has 1 saturated carbocycles. The van der Waals surface area contributed by atoms with Gasteiger partial charge in [-0.2, -0.15) is 0 Å². The Bertz CT molecular complexity index is 1470. The number of hydrogen-bond donors (Lipinski definition) is 2. The lowest BCUT2D eigenvalue weighted by Gasteiger charge is -2.39. The molecule has 6 rings (SSSR count). The summed E-state index contributed by atoms with van der Waals surface area (Å²) < 4.78 is 0. The van der Waals surface area contributed by atoms with E-state index in [0.717, 1.165) is 61.6 Å². The lowest BCUT2D eigenvalue weighted by Crippen LogP contribution is -2.50. The summed E-state index contributed by atoms with van der Waals surface area (Å²) in [6.07, 6.45) is 9.59. The van der Waals surface area contributed by atoms with Gasteiger partial charge in [0.05, 0.1) is 30.7 Å². The largest absolute Gasteiger partial charge is 0.481 e. The minimum Gasteiger partial charge on any atom is -0.481 e. The van der Waals surface area contributed by atoms with Crippen molar-refractivity contribution in [3.8, 4) is 22.4 Å². The fourth-order valence-corrected chi connectivity index (χ4v) is 8.21. The molecule has 3 aromatic rings. The molecule has 3 aliphatic rings. The number of carboxylic acid groups (broad SMARTS) is 1. The van der Waals surface area contributed by atoms with Crippen LogP contribution in [0.3, 0.4) is 0 Å². The highest BCUT2D eigenvalue weighted by molar-refractivity contribution is 7.14. The number of benzene rings is 1. The third-order valence-electron chi connectivity index (χ3n) is 9.43. The van der Waals surface area contributed by atoms with Crippen LogP contribution in [-0.2, 0) is 14.4 Å². The topological polar surface area (TPSA) is 124 Å². The molecule has 2 aromatic heterocycles. The maximum absolute atomic E-state index is 14.3. The van der Waals surface area contributed by atoms with Crippen molar-refractivity contribution in [2.24, 2.45) is 17.8 Å². The van der Waals surface area contributed by atoms with E-state index in [1.165, 1.54) is 11.3 Å². The van der Waals surface area contributed by atoms with E-state index in [1.807, 2.05) is 41.8 Å².